The number of esters is 1. The maximum absolute atomic E-state index is 13.2. The Balaban J connectivity index is 0.00000384. The van der Waals surface area contributed by atoms with E-state index in [9.17, 15) is 4.79 Å². The molecule has 0 saturated heterocycles. The van der Waals surface area contributed by atoms with Crippen LogP contribution in [-0.4, -0.2) is 49.7 Å². The van der Waals surface area contributed by atoms with Crippen molar-refractivity contribution in [1.82, 2.24) is 4.90 Å². The lowest BCUT2D eigenvalue weighted by Crippen LogP contribution is -2.51. The lowest BCUT2D eigenvalue weighted by atomic mass is 9.47. The highest BCUT2D eigenvalue weighted by Crippen LogP contribution is 2.67. The molecule has 8 atom stereocenters. The molecule has 4 N–H and O–H groups in total. The molecule has 0 bridgehead atoms. The van der Waals surface area contributed by atoms with Gasteiger partial charge in [-0.05, 0) is 137 Å². The molecule has 48 heavy (non-hydrogen) atoms. The van der Waals surface area contributed by atoms with Crippen LogP contribution in [0.25, 0.3) is 0 Å². The monoisotopic (exact) mass is 736 g/mol. The van der Waals surface area contributed by atoms with Crippen LogP contribution in [0.15, 0.2) is 11.6 Å². The second-order valence-corrected chi connectivity index (χ2v) is 17.0. The Morgan fingerprint density at radius 2 is 1.50 bits per heavy atom. The minimum atomic E-state index is -0.0363. The number of unbranched alkanes of at least 4 members (excludes halogenated alkanes) is 5. The van der Waals surface area contributed by atoms with E-state index in [2.05, 4.69) is 45.6 Å². The molecule has 0 radical (unpaired) electrons. The van der Waals surface area contributed by atoms with Crippen LogP contribution in [0.4, 0.5) is 0 Å². The summed E-state index contributed by atoms with van der Waals surface area (Å²) in [6.07, 6.45) is 25.2. The summed E-state index contributed by atoms with van der Waals surface area (Å²) in [5.41, 5.74) is 13.9. The summed E-state index contributed by atoms with van der Waals surface area (Å²) in [6, 6.07) is 0. The summed E-state index contributed by atoms with van der Waals surface area (Å²) in [5.74, 6) is 5.12. The Morgan fingerprint density at radius 3 is 2.19 bits per heavy atom. The van der Waals surface area contributed by atoms with Gasteiger partial charge in [0, 0.05) is 6.42 Å². The summed E-state index contributed by atoms with van der Waals surface area (Å²) in [5, 5.41) is 0. The van der Waals surface area contributed by atoms with Crippen molar-refractivity contribution in [3.8, 4) is 0 Å². The van der Waals surface area contributed by atoms with Gasteiger partial charge in [-0.2, -0.15) is 0 Å². The summed E-state index contributed by atoms with van der Waals surface area (Å²) in [7, 11) is 0. The Hall–Kier alpha value is -0.0400. The largest absolute Gasteiger partial charge is 0.461 e. The fourth-order valence-electron chi connectivity index (χ4n) is 10.9. The van der Waals surface area contributed by atoms with Crippen molar-refractivity contribution >= 4 is 43.2 Å². The van der Waals surface area contributed by atoms with Crippen LogP contribution in [-0.2, 0) is 9.53 Å². The minimum Gasteiger partial charge on any atom is -0.461 e. The topological polar surface area (TPSA) is 81.6 Å². The van der Waals surface area contributed by atoms with Crippen molar-refractivity contribution < 1.29 is 9.53 Å². The first-order valence-electron chi connectivity index (χ1n) is 19.6. The number of hydrogen-bond acceptors (Lipinski definition) is 5. The Morgan fingerprint density at radius 1 is 0.833 bits per heavy atom. The van der Waals surface area contributed by atoms with Gasteiger partial charge in [0.05, 0.1) is 6.54 Å². The number of hydrogen-bond donors (Lipinski definition) is 2. The molecule has 3 saturated carbocycles. The second-order valence-electron chi connectivity index (χ2n) is 17.0. The molecule has 4 aliphatic rings. The van der Waals surface area contributed by atoms with E-state index in [4.69, 9.17) is 16.2 Å². The average Bonchev–Trinajstić information content (AvgIpc) is 3.36. The van der Waals surface area contributed by atoms with Gasteiger partial charge in [-0.1, -0.05) is 91.2 Å². The number of nitrogens with two attached hydrogens (primary N) is 2. The number of fused-ring (bicyclic) bond motifs is 5. The van der Waals surface area contributed by atoms with E-state index in [1.807, 2.05) is 0 Å². The fraction of sp³-hybridized carbons (Fsp3) is 0.925. The molecular weight excluding hydrogens is 661 g/mol. The van der Waals surface area contributed by atoms with Crippen LogP contribution in [0.5, 0.6) is 0 Å². The van der Waals surface area contributed by atoms with Gasteiger partial charge >= 0.3 is 5.97 Å². The number of halogens is 3. The zero-order valence-electron chi connectivity index (χ0n) is 31.5. The van der Waals surface area contributed by atoms with Crippen molar-refractivity contribution in [2.45, 2.75) is 156 Å². The Bertz CT molecular complexity index is 951. The maximum Gasteiger partial charge on any atom is 0.320 e. The highest BCUT2D eigenvalue weighted by atomic mass is 35.5. The Kier molecular flexibility index (Phi) is 21.2. The zero-order valence-corrected chi connectivity index (χ0v) is 34.0. The highest BCUT2D eigenvalue weighted by molar-refractivity contribution is 5.86. The number of carbonyl (C=O) groups is 1. The van der Waals surface area contributed by atoms with Crippen LogP contribution in [0.2, 0.25) is 0 Å². The summed E-state index contributed by atoms with van der Waals surface area (Å²) in [6.45, 7) is 16.3. The number of carbonyl (C=O) groups excluding carboxylic acids is 1. The van der Waals surface area contributed by atoms with Gasteiger partial charge in [0.25, 0.3) is 0 Å². The first-order valence-corrected chi connectivity index (χ1v) is 19.6. The third-order valence-corrected chi connectivity index (χ3v) is 13.5. The first-order chi connectivity index (χ1) is 21.6. The first kappa shape index (κ1) is 46.0. The third kappa shape index (κ3) is 11.7. The number of rotatable bonds is 19. The van der Waals surface area contributed by atoms with E-state index in [-0.39, 0.29) is 49.3 Å². The minimum absolute atomic E-state index is 0. The van der Waals surface area contributed by atoms with Gasteiger partial charge in [0.1, 0.15) is 6.10 Å². The molecule has 1 unspecified atom stereocenters. The van der Waals surface area contributed by atoms with Crippen molar-refractivity contribution in [2.24, 2.45) is 57.8 Å². The number of nitrogens with zero attached hydrogens (tertiary/aromatic N) is 1. The van der Waals surface area contributed by atoms with E-state index in [1.165, 1.54) is 83.5 Å². The van der Waals surface area contributed by atoms with Crippen molar-refractivity contribution in [2.75, 3.05) is 32.7 Å². The quantitative estimate of drug-likeness (QED) is 0.0784. The molecule has 0 heterocycles. The molecule has 5 nitrogen and oxygen atoms in total. The summed E-state index contributed by atoms with van der Waals surface area (Å²) < 4.78 is 6.21. The van der Waals surface area contributed by atoms with Gasteiger partial charge in [-0.3, -0.25) is 9.69 Å². The van der Waals surface area contributed by atoms with Crippen molar-refractivity contribution in [3.63, 3.8) is 0 Å². The van der Waals surface area contributed by atoms with E-state index in [0.717, 1.165) is 87.2 Å². The molecule has 0 spiro atoms. The Labute approximate surface area is 314 Å². The lowest BCUT2D eigenvalue weighted by molar-refractivity contribution is -0.152. The van der Waals surface area contributed by atoms with E-state index in [1.54, 1.807) is 5.57 Å². The van der Waals surface area contributed by atoms with Crippen molar-refractivity contribution in [1.29, 1.82) is 0 Å². The molecule has 0 amide bonds. The second kappa shape index (κ2) is 22.1. The number of ether oxygens (including phenoxy) is 1. The van der Waals surface area contributed by atoms with Gasteiger partial charge in [-0.25, -0.2) is 0 Å². The molecule has 0 aliphatic heterocycles. The van der Waals surface area contributed by atoms with Crippen LogP contribution < -0.4 is 11.5 Å². The normalized spacial score (nSPS) is 31.4. The molecule has 0 aromatic rings. The van der Waals surface area contributed by atoms with E-state index >= 15 is 0 Å². The highest BCUT2D eigenvalue weighted by Gasteiger charge is 2.59. The fourth-order valence-corrected chi connectivity index (χ4v) is 10.9. The molecule has 8 heteroatoms. The van der Waals surface area contributed by atoms with E-state index in [0.29, 0.717) is 23.9 Å². The van der Waals surface area contributed by atoms with Crippen LogP contribution in [0, 0.1) is 46.3 Å². The molecule has 284 valence electrons. The molecule has 3 fully saturated rings. The molecule has 0 aromatic heterocycles. The van der Waals surface area contributed by atoms with Gasteiger partial charge in [-0.15, -0.1) is 37.2 Å². The van der Waals surface area contributed by atoms with Gasteiger partial charge in [0.2, 0.25) is 0 Å². The predicted molar refractivity (Wildman–Crippen MR) is 212 cm³/mol. The molecule has 4 aliphatic carbocycles. The van der Waals surface area contributed by atoms with Crippen LogP contribution in [0.3, 0.4) is 0 Å². The molecular formula is C40H76Cl3N3O2. The standard InChI is InChI=1S/C40H73N3O2.3ClH/c1-30(2)14-12-15-31(3)35-18-19-36-34-17-16-32-28-33(20-22-39(32,4)37(34)21-23-40(35,36)5)45-38(44)29-43(27-13-25-42)26-11-9-7-6-8-10-24-41;;;/h16,30-31,33-37H,6-15,17-29,41-42H2,1-5H3;3*1H/t31?,33-,34-,35+,36-,37-,39-,40+;;;/m0.../s1. The van der Waals surface area contributed by atoms with Crippen LogP contribution in [0.1, 0.15) is 150 Å². The van der Waals surface area contributed by atoms with Gasteiger partial charge in [0.15, 0.2) is 0 Å². The zero-order chi connectivity index (χ0) is 32.5. The lowest BCUT2D eigenvalue weighted by Gasteiger charge is -2.58. The van der Waals surface area contributed by atoms with Crippen molar-refractivity contribution in [3.05, 3.63) is 11.6 Å². The summed E-state index contributed by atoms with van der Waals surface area (Å²) >= 11 is 0. The summed E-state index contributed by atoms with van der Waals surface area (Å²) in [4.78, 5) is 15.5. The number of allylic oxidation sites excluding steroid dienone is 1. The SMILES string of the molecule is CC(C)CCCC(C)[C@H]1CC[C@H]2[C@@H]3CC=C4C[C@@H](OC(=O)CN(CCCN)CCCCCCCCN)CC[C@]4(C)[C@H]3CC[C@]12C.Cl.Cl.Cl. The smallest absolute Gasteiger partial charge is 0.320 e. The molecule has 4 rings (SSSR count). The molecule has 0 aromatic carbocycles. The van der Waals surface area contributed by atoms with Crippen LogP contribution >= 0.6 is 37.2 Å². The third-order valence-electron chi connectivity index (χ3n) is 13.5. The maximum atomic E-state index is 13.2. The van der Waals surface area contributed by atoms with Gasteiger partial charge < -0.3 is 16.2 Å². The van der Waals surface area contributed by atoms with E-state index < -0.39 is 0 Å². The predicted octanol–water partition coefficient (Wildman–Crippen LogP) is 10.2. The average molecular weight is 737 g/mol.